The summed E-state index contributed by atoms with van der Waals surface area (Å²) in [4.78, 5) is 11.5. The molecule has 1 atom stereocenters. The number of rotatable bonds is 8. The molecule has 1 amide bonds. The van der Waals surface area contributed by atoms with Crippen LogP contribution in [0.4, 0.5) is 0 Å². The molecule has 1 aliphatic rings. The van der Waals surface area contributed by atoms with Crippen LogP contribution in [0.1, 0.15) is 37.8 Å². The predicted molar refractivity (Wildman–Crippen MR) is 74.9 cm³/mol. The van der Waals surface area contributed by atoms with Gasteiger partial charge in [0.05, 0.1) is 6.61 Å². The molecule has 0 heterocycles. The van der Waals surface area contributed by atoms with Gasteiger partial charge in [0, 0.05) is 0 Å². The molecule has 0 aromatic heterocycles. The number of primary amides is 1. The molecule has 1 fully saturated rings. The van der Waals surface area contributed by atoms with Crippen molar-refractivity contribution < 1.29 is 9.53 Å². The molecular formula is C15H22N2O2. The number of nitrogens with two attached hydrogens (primary N) is 1. The van der Waals surface area contributed by atoms with E-state index in [1.165, 1.54) is 12.8 Å². The fraction of sp³-hybridized carbons (Fsp3) is 0.533. The van der Waals surface area contributed by atoms with Crippen LogP contribution in [-0.4, -0.2) is 19.1 Å². The zero-order valence-electron chi connectivity index (χ0n) is 11.4. The van der Waals surface area contributed by atoms with Crippen LogP contribution in [0.25, 0.3) is 0 Å². The molecule has 2 rings (SSSR count). The SMILES string of the molecule is CCCOc1ccc(C(NCC2CC2)C(N)=O)cc1. The molecule has 0 spiro atoms. The maximum atomic E-state index is 11.5. The molecule has 19 heavy (non-hydrogen) atoms. The van der Waals surface area contributed by atoms with E-state index in [1.807, 2.05) is 24.3 Å². The van der Waals surface area contributed by atoms with E-state index in [9.17, 15) is 4.79 Å². The van der Waals surface area contributed by atoms with Gasteiger partial charge in [-0.15, -0.1) is 0 Å². The smallest absolute Gasteiger partial charge is 0.239 e. The lowest BCUT2D eigenvalue weighted by Gasteiger charge is -2.16. The third kappa shape index (κ3) is 4.24. The van der Waals surface area contributed by atoms with Crippen molar-refractivity contribution in [3.05, 3.63) is 29.8 Å². The summed E-state index contributed by atoms with van der Waals surface area (Å²) in [6.45, 7) is 3.64. The molecule has 1 aromatic rings. The van der Waals surface area contributed by atoms with Gasteiger partial charge in [-0.25, -0.2) is 0 Å². The van der Waals surface area contributed by atoms with Crippen molar-refractivity contribution in [1.29, 1.82) is 0 Å². The third-order valence-electron chi connectivity index (χ3n) is 3.28. The topological polar surface area (TPSA) is 64.3 Å². The summed E-state index contributed by atoms with van der Waals surface area (Å²) in [6, 6.07) is 7.18. The molecule has 3 N–H and O–H groups in total. The van der Waals surface area contributed by atoms with Crippen molar-refractivity contribution in [1.82, 2.24) is 5.32 Å². The summed E-state index contributed by atoms with van der Waals surface area (Å²) in [6.07, 6.45) is 3.49. The van der Waals surface area contributed by atoms with Crippen LogP contribution in [0.3, 0.4) is 0 Å². The highest BCUT2D eigenvalue weighted by Gasteiger charge is 2.24. The summed E-state index contributed by atoms with van der Waals surface area (Å²) < 4.78 is 5.52. The van der Waals surface area contributed by atoms with Crippen molar-refractivity contribution >= 4 is 5.91 Å². The second-order valence-corrected chi connectivity index (χ2v) is 5.10. The molecule has 4 nitrogen and oxygen atoms in total. The molecule has 1 aliphatic carbocycles. The van der Waals surface area contributed by atoms with Gasteiger partial charge in [0.1, 0.15) is 11.8 Å². The first-order chi connectivity index (χ1) is 9.20. The standard InChI is InChI=1S/C15H22N2O2/c1-2-9-19-13-7-5-12(6-8-13)14(15(16)18)17-10-11-3-4-11/h5-8,11,14,17H,2-4,9-10H2,1H3,(H2,16,18). The van der Waals surface area contributed by atoms with Crippen molar-refractivity contribution in [3.8, 4) is 5.75 Å². The number of hydrogen-bond acceptors (Lipinski definition) is 3. The molecular weight excluding hydrogens is 240 g/mol. The maximum Gasteiger partial charge on any atom is 0.239 e. The van der Waals surface area contributed by atoms with Crippen LogP contribution in [0.15, 0.2) is 24.3 Å². The zero-order valence-corrected chi connectivity index (χ0v) is 11.4. The normalized spacial score (nSPS) is 16.1. The minimum Gasteiger partial charge on any atom is -0.494 e. The summed E-state index contributed by atoms with van der Waals surface area (Å²) in [5.74, 6) is 1.22. The maximum absolute atomic E-state index is 11.5. The monoisotopic (exact) mass is 262 g/mol. The highest BCUT2D eigenvalue weighted by molar-refractivity contribution is 5.81. The summed E-state index contributed by atoms with van der Waals surface area (Å²) in [5.41, 5.74) is 6.36. The van der Waals surface area contributed by atoms with Gasteiger partial charge in [-0.2, -0.15) is 0 Å². The lowest BCUT2D eigenvalue weighted by molar-refractivity contribution is -0.120. The Kier molecular flexibility index (Phi) is 4.80. The molecule has 104 valence electrons. The van der Waals surface area contributed by atoms with E-state index >= 15 is 0 Å². The minimum atomic E-state index is -0.402. The number of nitrogens with one attached hydrogen (secondary N) is 1. The Morgan fingerprint density at radius 1 is 1.42 bits per heavy atom. The van der Waals surface area contributed by atoms with Crippen molar-refractivity contribution in [2.24, 2.45) is 11.7 Å². The Bertz CT molecular complexity index is 413. The molecule has 0 aliphatic heterocycles. The first-order valence-electron chi connectivity index (χ1n) is 6.96. The van der Waals surface area contributed by atoms with Crippen LogP contribution in [0, 0.1) is 5.92 Å². The number of ether oxygens (including phenoxy) is 1. The minimum absolute atomic E-state index is 0.331. The second kappa shape index (κ2) is 6.57. The van der Waals surface area contributed by atoms with Gasteiger partial charge < -0.3 is 15.8 Å². The lowest BCUT2D eigenvalue weighted by atomic mass is 10.1. The van der Waals surface area contributed by atoms with E-state index in [1.54, 1.807) is 0 Å². The average molecular weight is 262 g/mol. The second-order valence-electron chi connectivity index (χ2n) is 5.10. The van der Waals surface area contributed by atoms with Crippen molar-refractivity contribution in [3.63, 3.8) is 0 Å². The molecule has 1 aromatic carbocycles. The molecule has 4 heteroatoms. The fourth-order valence-corrected chi connectivity index (χ4v) is 1.97. The summed E-state index contributed by atoms with van der Waals surface area (Å²) in [7, 11) is 0. The Morgan fingerprint density at radius 2 is 2.11 bits per heavy atom. The van der Waals surface area contributed by atoms with Gasteiger partial charge in [0.25, 0.3) is 0 Å². The Balaban J connectivity index is 1.97. The van der Waals surface area contributed by atoms with E-state index in [0.717, 1.165) is 24.3 Å². The van der Waals surface area contributed by atoms with E-state index in [-0.39, 0.29) is 5.91 Å². The number of carbonyl (C=O) groups excluding carboxylic acids is 1. The summed E-state index contributed by atoms with van der Waals surface area (Å²) in [5, 5.41) is 3.24. The van der Waals surface area contributed by atoms with E-state index in [2.05, 4.69) is 12.2 Å². The first-order valence-corrected chi connectivity index (χ1v) is 6.96. The molecule has 1 saturated carbocycles. The van der Waals surface area contributed by atoms with Crippen LogP contribution in [-0.2, 0) is 4.79 Å². The quantitative estimate of drug-likeness (QED) is 0.753. The van der Waals surface area contributed by atoms with Crippen LogP contribution < -0.4 is 15.8 Å². The van der Waals surface area contributed by atoms with E-state index in [4.69, 9.17) is 10.5 Å². The van der Waals surface area contributed by atoms with Crippen LogP contribution in [0.2, 0.25) is 0 Å². The highest BCUT2D eigenvalue weighted by Crippen LogP contribution is 2.28. The van der Waals surface area contributed by atoms with Crippen molar-refractivity contribution in [2.75, 3.05) is 13.2 Å². The average Bonchev–Trinajstić information content (AvgIpc) is 3.22. The van der Waals surface area contributed by atoms with Gasteiger partial charge in [-0.1, -0.05) is 19.1 Å². The number of benzene rings is 1. The Labute approximate surface area is 114 Å². The Morgan fingerprint density at radius 3 is 2.63 bits per heavy atom. The van der Waals surface area contributed by atoms with E-state index in [0.29, 0.717) is 12.5 Å². The lowest BCUT2D eigenvalue weighted by Crippen LogP contribution is -2.34. The number of amides is 1. The van der Waals surface area contributed by atoms with Crippen LogP contribution >= 0.6 is 0 Å². The predicted octanol–water partition coefficient (Wildman–Crippen LogP) is 2.00. The molecule has 0 bridgehead atoms. The fourth-order valence-electron chi connectivity index (χ4n) is 1.97. The van der Waals surface area contributed by atoms with Gasteiger partial charge >= 0.3 is 0 Å². The van der Waals surface area contributed by atoms with Gasteiger partial charge in [-0.05, 0) is 49.4 Å². The van der Waals surface area contributed by atoms with Crippen molar-refractivity contribution in [2.45, 2.75) is 32.2 Å². The van der Waals surface area contributed by atoms with Gasteiger partial charge in [0.2, 0.25) is 5.91 Å². The van der Waals surface area contributed by atoms with Crippen LogP contribution in [0.5, 0.6) is 5.75 Å². The molecule has 0 saturated heterocycles. The highest BCUT2D eigenvalue weighted by atomic mass is 16.5. The molecule has 1 unspecified atom stereocenters. The first kappa shape index (κ1) is 13.9. The number of carbonyl (C=O) groups is 1. The number of hydrogen-bond donors (Lipinski definition) is 2. The van der Waals surface area contributed by atoms with Gasteiger partial charge in [0.15, 0.2) is 0 Å². The van der Waals surface area contributed by atoms with Gasteiger partial charge in [-0.3, -0.25) is 4.79 Å². The molecule has 0 radical (unpaired) electrons. The van der Waals surface area contributed by atoms with E-state index < -0.39 is 6.04 Å². The summed E-state index contributed by atoms with van der Waals surface area (Å²) >= 11 is 0. The Hall–Kier alpha value is -1.55. The largest absolute Gasteiger partial charge is 0.494 e. The zero-order chi connectivity index (χ0) is 13.7. The third-order valence-corrected chi connectivity index (χ3v) is 3.28.